The van der Waals surface area contributed by atoms with Crippen molar-refractivity contribution in [2.75, 3.05) is 11.9 Å². The molecule has 1 aromatic rings. The lowest BCUT2D eigenvalue weighted by atomic mass is 10.3. The Bertz CT molecular complexity index is 433. The number of carbonyl (C=O) groups is 2. The van der Waals surface area contributed by atoms with Gasteiger partial charge in [0.2, 0.25) is 5.91 Å². The van der Waals surface area contributed by atoms with Gasteiger partial charge in [0.15, 0.2) is 0 Å². The molecule has 0 fully saturated rings. The molecule has 0 radical (unpaired) electrons. The fraction of sp³-hybridized carbons (Fsp3) is 0.273. The molecular formula is C11H11NO3S. The largest absolute Gasteiger partial charge is 0.464 e. The summed E-state index contributed by atoms with van der Waals surface area (Å²) in [4.78, 5) is 23.3. The number of hydrogen-bond donors (Lipinski definition) is 1. The van der Waals surface area contributed by atoms with Crippen LogP contribution < -0.4 is 5.32 Å². The molecule has 84 valence electrons. The minimum atomic E-state index is -0.368. The van der Waals surface area contributed by atoms with Crippen molar-refractivity contribution in [3.63, 3.8) is 0 Å². The Labute approximate surface area is 97.4 Å². The third kappa shape index (κ3) is 2.36. The van der Waals surface area contributed by atoms with Crippen LogP contribution in [0.3, 0.4) is 0 Å². The van der Waals surface area contributed by atoms with Crippen LogP contribution in [0.25, 0.3) is 0 Å². The van der Waals surface area contributed by atoms with Crippen molar-refractivity contribution in [1.29, 1.82) is 0 Å². The molecule has 1 atom stereocenters. The summed E-state index contributed by atoms with van der Waals surface area (Å²) in [7, 11) is 0. The van der Waals surface area contributed by atoms with Gasteiger partial charge in [-0.2, -0.15) is 0 Å². The number of rotatable bonds is 2. The molecule has 0 bridgehead atoms. The number of esters is 1. The molecule has 0 aromatic heterocycles. The monoisotopic (exact) mass is 237 g/mol. The maximum atomic E-state index is 11.6. The van der Waals surface area contributed by atoms with Crippen molar-refractivity contribution >= 4 is 29.3 Å². The predicted octanol–water partition coefficient (Wildman–Crippen LogP) is 1.66. The topological polar surface area (TPSA) is 55.4 Å². The Hall–Kier alpha value is -1.49. The number of benzene rings is 1. The van der Waals surface area contributed by atoms with Crippen molar-refractivity contribution in [2.24, 2.45) is 0 Å². The highest BCUT2D eigenvalue weighted by molar-refractivity contribution is 8.01. The van der Waals surface area contributed by atoms with Gasteiger partial charge in [0, 0.05) is 11.8 Å². The number of fused-ring (bicyclic) bond motifs is 1. The van der Waals surface area contributed by atoms with E-state index in [-0.39, 0.29) is 23.7 Å². The summed E-state index contributed by atoms with van der Waals surface area (Å²) in [6, 6.07) is 7.56. The van der Waals surface area contributed by atoms with Crippen LogP contribution in [-0.4, -0.2) is 23.7 Å². The number of anilines is 1. The van der Waals surface area contributed by atoms with Gasteiger partial charge in [0.1, 0.15) is 11.9 Å². The lowest BCUT2D eigenvalue weighted by molar-refractivity contribution is -0.141. The first-order valence-electron chi connectivity index (χ1n) is 4.87. The van der Waals surface area contributed by atoms with Crippen molar-refractivity contribution in [1.82, 2.24) is 0 Å². The Kier molecular flexibility index (Phi) is 3.14. The van der Waals surface area contributed by atoms with Crippen LogP contribution in [0.2, 0.25) is 0 Å². The first-order chi connectivity index (χ1) is 7.66. The average Bonchev–Trinajstić information content (AvgIpc) is 2.26. The highest BCUT2D eigenvalue weighted by Crippen LogP contribution is 2.35. The van der Waals surface area contributed by atoms with Gasteiger partial charge in [0.25, 0.3) is 0 Å². The van der Waals surface area contributed by atoms with E-state index in [2.05, 4.69) is 5.32 Å². The molecule has 16 heavy (non-hydrogen) atoms. The Morgan fingerprint density at radius 2 is 2.25 bits per heavy atom. The van der Waals surface area contributed by atoms with Gasteiger partial charge in [-0.1, -0.05) is 12.1 Å². The Morgan fingerprint density at radius 1 is 1.50 bits per heavy atom. The number of carbonyl (C=O) groups excluding carboxylic acids is 2. The molecule has 2 rings (SSSR count). The van der Waals surface area contributed by atoms with E-state index >= 15 is 0 Å². The van der Waals surface area contributed by atoms with E-state index in [9.17, 15) is 9.59 Å². The second-order valence-electron chi connectivity index (χ2n) is 3.39. The van der Waals surface area contributed by atoms with E-state index in [1.54, 1.807) is 0 Å². The summed E-state index contributed by atoms with van der Waals surface area (Å²) in [5.41, 5.74) is 0.816. The minimum Gasteiger partial charge on any atom is -0.464 e. The van der Waals surface area contributed by atoms with Crippen molar-refractivity contribution in [3.8, 4) is 0 Å². The molecule has 1 aliphatic rings. The molecule has 1 heterocycles. The zero-order chi connectivity index (χ0) is 11.5. The van der Waals surface area contributed by atoms with Gasteiger partial charge in [-0.3, -0.25) is 9.59 Å². The first-order valence-corrected chi connectivity index (χ1v) is 5.74. The minimum absolute atomic E-state index is 0.111. The summed E-state index contributed by atoms with van der Waals surface area (Å²) in [6.45, 7) is 1.44. The van der Waals surface area contributed by atoms with Gasteiger partial charge in [-0.15, -0.1) is 11.8 Å². The average molecular weight is 237 g/mol. The summed E-state index contributed by atoms with van der Waals surface area (Å²) >= 11 is 1.42. The van der Waals surface area contributed by atoms with Crippen molar-refractivity contribution in [2.45, 2.75) is 17.1 Å². The molecule has 0 spiro atoms. The van der Waals surface area contributed by atoms with Gasteiger partial charge < -0.3 is 10.1 Å². The zero-order valence-electron chi connectivity index (χ0n) is 8.73. The van der Waals surface area contributed by atoms with Crippen LogP contribution in [0.15, 0.2) is 29.2 Å². The molecule has 0 saturated carbocycles. The first kappa shape index (κ1) is 11.0. The molecule has 0 saturated heterocycles. The number of para-hydroxylation sites is 1. The summed E-state index contributed by atoms with van der Waals surface area (Å²) in [6.07, 6.45) is 0. The van der Waals surface area contributed by atoms with Crippen molar-refractivity contribution < 1.29 is 14.3 Å². The van der Waals surface area contributed by atoms with Crippen LogP contribution in [-0.2, 0) is 14.3 Å². The maximum Gasteiger partial charge on any atom is 0.302 e. The van der Waals surface area contributed by atoms with Crippen LogP contribution in [0.1, 0.15) is 6.92 Å². The number of ether oxygens (including phenoxy) is 1. The highest BCUT2D eigenvalue weighted by Gasteiger charge is 2.27. The van der Waals surface area contributed by atoms with E-state index < -0.39 is 0 Å². The number of thioether (sulfide) groups is 1. The van der Waals surface area contributed by atoms with E-state index in [0.717, 1.165) is 10.6 Å². The molecule has 4 nitrogen and oxygen atoms in total. The lowest BCUT2D eigenvalue weighted by Gasteiger charge is -2.23. The third-order valence-electron chi connectivity index (χ3n) is 2.14. The summed E-state index contributed by atoms with van der Waals surface area (Å²) in [5, 5.41) is 2.42. The quantitative estimate of drug-likeness (QED) is 0.795. The smallest absolute Gasteiger partial charge is 0.302 e. The SMILES string of the molecule is CC(=O)OC[C@@H]1Sc2ccccc2NC1=O. The predicted molar refractivity (Wildman–Crippen MR) is 61.3 cm³/mol. The molecule has 0 unspecified atom stereocenters. The number of amides is 1. The van der Waals surface area contributed by atoms with Gasteiger partial charge in [-0.25, -0.2) is 0 Å². The fourth-order valence-electron chi connectivity index (χ4n) is 1.40. The van der Waals surface area contributed by atoms with Crippen molar-refractivity contribution in [3.05, 3.63) is 24.3 Å². The van der Waals surface area contributed by atoms with E-state index in [1.165, 1.54) is 18.7 Å². The Morgan fingerprint density at radius 3 is 3.00 bits per heavy atom. The van der Waals surface area contributed by atoms with E-state index in [1.807, 2.05) is 24.3 Å². The molecule has 1 N–H and O–H groups in total. The third-order valence-corrected chi connectivity index (χ3v) is 3.39. The lowest BCUT2D eigenvalue weighted by Crippen LogP contribution is -2.33. The van der Waals surface area contributed by atoms with Gasteiger partial charge >= 0.3 is 5.97 Å². The molecule has 0 aliphatic carbocycles. The molecule has 1 aromatic carbocycles. The zero-order valence-corrected chi connectivity index (χ0v) is 9.54. The molecule has 1 aliphatic heterocycles. The summed E-state index contributed by atoms with van der Waals surface area (Å²) in [5.74, 6) is -0.489. The number of nitrogens with one attached hydrogen (secondary N) is 1. The Balaban J connectivity index is 2.09. The second-order valence-corrected chi connectivity index (χ2v) is 4.64. The highest BCUT2D eigenvalue weighted by atomic mass is 32.2. The van der Waals surface area contributed by atoms with Crippen LogP contribution in [0, 0.1) is 0 Å². The van der Waals surface area contributed by atoms with Crippen LogP contribution in [0.4, 0.5) is 5.69 Å². The fourth-order valence-corrected chi connectivity index (χ4v) is 2.41. The normalized spacial score (nSPS) is 18.6. The maximum absolute atomic E-state index is 11.6. The van der Waals surface area contributed by atoms with E-state index in [0.29, 0.717) is 0 Å². The molecule has 5 heteroatoms. The second kappa shape index (κ2) is 4.57. The molecular weight excluding hydrogens is 226 g/mol. The standard InChI is InChI=1S/C11H11NO3S/c1-7(13)15-6-10-11(14)12-8-4-2-3-5-9(8)16-10/h2-5,10H,6H2,1H3,(H,12,14)/t10-/m0/s1. The molecule has 1 amide bonds. The summed E-state index contributed by atoms with van der Waals surface area (Å²) < 4.78 is 4.85. The number of hydrogen-bond acceptors (Lipinski definition) is 4. The van der Waals surface area contributed by atoms with Gasteiger partial charge in [-0.05, 0) is 12.1 Å². The van der Waals surface area contributed by atoms with Gasteiger partial charge in [0.05, 0.1) is 5.69 Å². The van der Waals surface area contributed by atoms with E-state index in [4.69, 9.17) is 4.74 Å². The van der Waals surface area contributed by atoms with Crippen LogP contribution in [0.5, 0.6) is 0 Å². The van der Waals surface area contributed by atoms with Crippen LogP contribution >= 0.6 is 11.8 Å².